The topological polar surface area (TPSA) is 63.2 Å². The Morgan fingerprint density at radius 2 is 2.00 bits per heavy atom. The molecule has 3 aromatic rings. The second-order valence-corrected chi connectivity index (χ2v) is 7.52. The van der Waals surface area contributed by atoms with Crippen molar-refractivity contribution in [3.63, 3.8) is 0 Å². The summed E-state index contributed by atoms with van der Waals surface area (Å²) in [5.41, 5.74) is 1.18. The van der Waals surface area contributed by atoms with Gasteiger partial charge >= 0.3 is 0 Å². The molecule has 1 fully saturated rings. The second-order valence-electron chi connectivity index (χ2n) is 7.08. The number of nitrogens with zero attached hydrogens (tertiary/aromatic N) is 6. The molecule has 4 rings (SSSR count). The predicted octanol–water partition coefficient (Wildman–Crippen LogP) is 3.63. The van der Waals surface area contributed by atoms with Crippen molar-refractivity contribution in [2.45, 2.75) is 32.4 Å². The molecule has 7 nitrogen and oxygen atoms in total. The quantitative estimate of drug-likeness (QED) is 0.603. The fraction of sp³-hybridized carbons (Fsp3) is 0.450. The van der Waals surface area contributed by atoms with Gasteiger partial charge in [0.25, 0.3) is 0 Å². The molecule has 0 bridgehead atoms. The van der Waals surface area contributed by atoms with Crippen LogP contribution in [0.3, 0.4) is 0 Å². The summed E-state index contributed by atoms with van der Waals surface area (Å²) in [7, 11) is 0. The van der Waals surface area contributed by atoms with Crippen LogP contribution < -0.4 is 4.90 Å². The van der Waals surface area contributed by atoms with E-state index >= 15 is 0 Å². The first-order valence-corrected chi connectivity index (χ1v) is 10.2. The number of furan rings is 1. The monoisotopic (exact) mass is 400 g/mol. The lowest BCUT2D eigenvalue weighted by molar-refractivity contribution is 0.164. The van der Waals surface area contributed by atoms with Gasteiger partial charge in [-0.3, -0.25) is 4.90 Å². The summed E-state index contributed by atoms with van der Waals surface area (Å²) in [6.45, 7) is 6.60. The lowest BCUT2D eigenvalue weighted by Gasteiger charge is -2.39. The Labute approximate surface area is 169 Å². The van der Waals surface area contributed by atoms with Gasteiger partial charge in [0.1, 0.15) is 12.3 Å². The number of anilines is 1. The minimum Gasteiger partial charge on any atom is -0.467 e. The molecule has 1 aliphatic heterocycles. The zero-order valence-corrected chi connectivity index (χ0v) is 16.8. The number of aromatic nitrogens is 4. The van der Waals surface area contributed by atoms with E-state index in [9.17, 15) is 0 Å². The highest BCUT2D eigenvalue weighted by molar-refractivity contribution is 6.30. The molecule has 148 valence electrons. The molecule has 28 heavy (non-hydrogen) atoms. The molecule has 1 atom stereocenters. The van der Waals surface area contributed by atoms with Crippen LogP contribution in [-0.4, -0.2) is 51.3 Å². The van der Waals surface area contributed by atoms with Crippen molar-refractivity contribution in [3.8, 4) is 0 Å². The van der Waals surface area contributed by atoms with Crippen molar-refractivity contribution in [3.05, 3.63) is 59.3 Å². The molecule has 0 aliphatic carbocycles. The van der Waals surface area contributed by atoms with Crippen molar-refractivity contribution in [1.29, 1.82) is 0 Å². The zero-order valence-electron chi connectivity index (χ0n) is 16.0. The van der Waals surface area contributed by atoms with Gasteiger partial charge in [0, 0.05) is 36.9 Å². The first-order valence-electron chi connectivity index (χ1n) is 9.77. The highest BCUT2D eigenvalue weighted by Gasteiger charge is 2.29. The maximum absolute atomic E-state index is 6.16. The summed E-state index contributed by atoms with van der Waals surface area (Å²) < 4.78 is 7.34. The van der Waals surface area contributed by atoms with Crippen molar-refractivity contribution in [1.82, 2.24) is 25.1 Å². The molecule has 0 N–H and O–H groups in total. The maximum atomic E-state index is 6.16. The van der Waals surface area contributed by atoms with Crippen LogP contribution in [-0.2, 0) is 6.54 Å². The van der Waals surface area contributed by atoms with Crippen LogP contribution in [0.4, 0.5) is 5.69 Å². The second kappa shape index (κ2) is 8.75. The molecular weight excluding hydrogens is 376 g/mol. The van der Waals surface area contributed by atoms with E-state index in [1.165, 1.54) is 5.69 Å². The Hall–Kier alpha value is -2.38. The molecule has 2 aromatic heterocycles. The summed E-state index contributed by atoms with van der Waals surface area (Å²) in [5.74, 6) is 1.77. The van der Waals surface area contributed by atoms with E-state index in [4.69, 9.17) is 16.0 Å². The Balaban J connectivity index is 1.47. The summed E-state index contributed by atoms with van der Waals surface area (Å²) in [4.78, 5) is 4.88. The summed E-state index contributed by atoms with van der Waals surface area (Å²) in [6, 6.07) is 12.1. The Morgan fingerprint density at radius 3 is 2.71 bits per heavy atom. The fourth-order valence-electron chi connectivity index (χ4n) is 3.83. The van der Waals surface area contributed by atoms with Crippen LogP contribution in [0, 0.1) is 0 Å². The molecule has 3 heterocycles. The summed E-state index contributed by atoms with van der Waals surface area (Å²) >= 11 is 6.16. The third-order valence-electron chi connectivity index (χ3n) is 5.23. The number of tetrazole rings is 1. The van der Waals surface area contributed by atoms with Crippen LogP contribution in [0.1, 0.15) is 37.4 Å². The van der Waals surface area contributed by atoms with Crippen molar-refractivity contribution < 1.29 is 4.42 Å². The number of benzene rings is 1. The lowest BCUT2D eigenvalue weighted by Crippen LogP contribution is -2.48. The van der Waals surface area contributed by atoms with Crippen LogP contribution in [0.5, 0.6) is 0 Å². The predicted molar refractivity (Wildman–Crippen MR) is 109 cm³/mol. The van der Waals surface area contributed by atoms with E-state index in [1.807, 2.05) is 35.0 Å². The van der Waals surface area contributed by atoms with Crippen LogP contribution in [0.2, 0.25) is 5.02 Å². The normalized spacial score (nSPS) is 16.4. The SMILES string of the molecule is CCC[C@@H](c1nnnn1Cc1ccco1)N1CCN(c2cccc(Cl)c2)CC1. The van der Waals surface area contributed by atoms with Crippen LogP contribution >= 0.6 is 11.6 Å². The number of halogens is 1. The van der Waals surface area contributed by atoms with Crippen molar-refractivity contribution in [2.24, 2.45) is 0 Å². The maximum Gasteiger partial charge on any atom is 0.168 e. The summed E-state index contributed by atoms with van der Waals surface area (Å²) in [6.07, 6.45) is 3.78. The Kier molecular flexibility index (Phi) is 5.92. The number of piperazine rings is 1. The lowest BCUT2D eigenvalue weighted by atomic mass is 10.1. The molecule has 1 aromatic carbocycles. The van der Waals surface area contributed by atoms with Crippen molar-refractivity contribution >= 4 is 17.3 Å². The van der Waals surface area contributed by atoms with Gasteiger partial charge in [-0.05, 0) is 47.2 Å². The smallest absolute Gasteiger partial charge is 0.168 e. The van der Waals surface area contributed by atoms with Crippen LogP contribution in [0.25, 0.3) is 0 Å². The average Bonchev–Trinajstić information content (AvgIpc) is 3.39. The molecule has 1 saturated heterocycles. The summed E-state index contributed by atoms with van der Waals surface area (Å²) in [5, 5.41) is 13.3. The molecule has 0 saturated carbocycles. The standard InChI is InChI=1S/C20H25ClN6O/c1-2-5-19(20-22-23-24-27(20)15-18-8-4-13-28-18)26-11-9-25(10-12-26)17-7-3-6-16(21)14-17/h3-4,6-8,13-14,19H,2,5,9-12,15H2,1H3/t19-/m0/s1. The molecule has 0 radical (unpaired) electrons. The van der Waals surface area contributed by atoms with Gasteiger partial charge in [-0.2, -0.15) is 0 Å². The molecule has 8 heteroatoms. The first kappa shape index (κ1) is 19.0. The van der Waals surface area contributed by atoms with Gasteiger partial charge in [-0.25, -0.2) is 4.68 Å². The van der Waals surface area contributed by atoms with Crippen molar-refractivity contribution in [2.75, 3.05) is 31.1 Å². The number of rotatable bonds is 7. The third-order valence-corrected chi connectivity index (χ3v) is 5.47. The number of hydrogen-bond donors (Lipinski definition) is 0. The third kappa shape index (κ3) is 4.20. The largest absolute Gasteiger partial charge is 0.467 e. The first-order chi connectivity index (χ1) is 13.7. The Morgan fingerprint density at radius 1 is 1.14 bits per heavy atom. The van der Waals surface area contributed by atoms with E-state index in [-0.39, 0.29) is 6.04 Å². The molecule has 0 unspecified atom stereocenters. The van der Waals surface area contributed by atoms with E-state index in [0.717, 1.165) is 55.6 Å². The molecule has 1 aliphatic rings. The van der Waals surface area contributed by atoms with E-state index in [1.54, 1.807) is 6.26 Å². The minimum atomic E-state index is 0.205. The minimum absolute atomic E-state index is 0.205. The molecule has 0 amide bonds. The van der Waals surface area contributed by atoms with Crippen LogP contribution in [0.15, 0.2) is 47.1 Å². The van der Waals surface area contributed by atoms with E-state index in [0.29, 0.717) is 6.54 Å². The number of hydrogen-bond acceptors (Lipinski definition) is 6. The highest BCUT2D eigenvalue weighted by Crippen LogP contribution is 2.27. The Bertz CT molecular complexity index is 872. The van der Waals surface area contributed by atoms with Gasteiger partial charge in [0.05, 0.1) is 12.3 Å². The highest BCUT2D eigenvalue weighted by atomic mass is 35.5. The average molecular weight is 401 g/mol. The fourth-order valence-corrected chi connectivity index (χ4v) is 4.01. The molecule has 0 spiro atoms. The molecular formula is C20H25ClN6O. The van der Waals surface area contributed by atoms with Gasteiger partial charge < -0.3 is 9.32 Å². The zero-order chi connectivity index (χ0) is 19.3. The van der Waals surface area contributed by atoms with Gasteiger partial charge in [-0.1, -0.05) is 31.0 Å². The van der Waals surface area contributed by atoms with Gasteiger partial charge in [-0.15, -0.1) is 5.10 Å². The van der Waals surface area contributed by atoms with Gasteiger partial charge in [0.15, 0.2) is 5.82 Å². The van der Waals surface area contributed by atoms with Gasteiger partial charge in [0.2, 0.25) is 0 Å². The van der Waals surface area contributed by atoms with E-state index in [2.05, 4.69) is 38.3 Å². The van der Waals surface area contributed by atoms with E-state index < -0.39 is 0 Å².